The van der Waals surface area contributed by atoms with E-state index in [9.17, 15) is 19.2 Å². The highest BCUT2D eigenvalue weighted by Gasteiger charge is 2.19. The molecule has 0 aliphatic rings. The third-order valence-corrected chi connectivity index (χ3v) is 14.2. The Morgan fingerprint density at radius 2 is 0.674 bits per heavy atom. The zero-order valence-corrected chi connectivity index (χ0v) is 48.9. The number of nitrogens with one attached hydrogen (secondary N) is 2. The molecule has 86 heavy (non-hydrogen) atoms. The number of aryl methyl sites for hydroxylation is 2. The van der Waals surface area contributed by atoms with E-state index < -0.39 is 12.2 Å². The minimum atomic E-state index is -0.529. The number of hydrogen-bond donors (Lipinski definition) is 2. The predicted octanol–water partition coefficient (Wildman–Crippen LogP) is 13.6. The highest BCUT2D eigenvalue weighted by atomic mass is 16.6. The van der Waals surface area contributed by atoms with Crippen molar-refractivity contribution in [2.45, 2.75) is 91.0 Å². The van der Waals surface area contributed by atoms with Crippen molar-refractivity contribution in [1.29, 1.82) is 0 Å². The summed E-state index contributed by atoms with van der Waals surface area (Å²) in [6.45, 7) is 3.98. The third-order valence-electron chi connectivity index (χ3n) is 14.2. The van der Waals surface area contributed by atoms with Gasteiger partial charge in [0.25, 0.3) is 0 Å². The summed E-state index contributed by atoms with van der Waals surface area (Å²) in [5, 5.41) is 5.87. The lowest BCUT2D eigenvalue weighted by Gasteiger charge is -2.25. The Labute approximate surface area is 506 Å². The Bertz CT molecular complexity index is 3270. The Morgan fingerprint density at radius 3 is 1.12 bits per heavy atom. The predicted molar refractivity (Wildman–Crippen MR) is 334 cm³/mol. The maximum atomic E-state index is 14.2. The molecule has 0 aliphatic heterocycles. The summed E-state index contributed by atoms with van der Waals surface area (Å²) in [6.07, 6.45) is 2.65. The molecule has 8 aromatic carbocycles. The molecule has 14 nitrogen and oxygen atoms in total. The summed E-state index contributed by atoms with van der Waals surface area (Å²) < 4.78 is 36.3. The molecule has 446 valence electrons. The van der Waals surface area contributed by atoms with Gasteiger partial charge >= 0.3 is 12.2 Å². The summed E-state index contributed by atoms with van der Waals surface area (Å²) in [6, 6.07) is 70.4. The van der Waals surface area contributed by atoms with Crippen molar-refractivity contribution < 1.29 is 47.6 Å². The first-order valence-corrected chi connectivity index (χ1v) is 29.7. The van der Waals surface area contributed by atoms with E-state index in [0.29, 0.717) is 127 Å². The molecule has 0 atom stereocenters. The van der Waals surface area contributed by atoms with Crippen molar-refractivity contribution in [3.8, 4) is 23.0 Å². The molecule has 8 rings (SSSR count). The molecule has 0 saturated carbocycles. The molecule has 2 N–H and O–H groups in total. The fourth-order valence-electron chi connectivity index (χ4n) is 9.38. The number of benzene rings is 8. The van der Waals surface area contributed by atoms with Crippen LogP contribution in [-0.2, 0) is 71.5 Å². The van der Waals surface area contributed by atoms with Crippen molar-refractivity contribution in [2.75, 3.05) is 39.3 Å². The maximum absolute atomic E-state index is 14.2. The number of nitrogens with zero attached hydrogens (tertiary/aromatic N) is 2. The molecule has 0 aliphatic carbocycles. The number of alkyl carbamates (subject to hydrolysis) is 1. The lowest BCUT2D eigenvalue weighted by molar-refractivity contribution is -0.131. The maximum Gasteiger partial charge on any atom is 0.410 e. The van der Waals surface area contributed by atoms with Crippen LogP contribution in [0.5, 0.6) is 23.0 Å². The number of rotatable bonds is 35. The van der Waals surface area contributed by atoms with Crippen LogP contribution in [0.4, 0.5) is 9.59 Å². The van der Waals surface area contributed by atoms with Crippen molar-refractivity contribution >= 4 is 24.0 Å². The number of carbonyl (C=O) groups excluding carboxylic acids is 4. The van der Waals surface area contributed by atoms with Gasteiger partial charge in [-0.2, -0.15) is 0 Å². The molecular weight excluding hydrogens is 1080 g/mol. The van der Waals surface area contributed by atoms with Gasteiger partial charge < -0.3 is 48.9 Å². The van der Waals surface area contributed by atoms with Gasteiger partial charge in [-0.25, -0.2) is 9.59 Å². The van der Waals surface area contributed by atoms with Crippen LogP contribution in [0.1, 0.15) is 83.0 Å². The SMILES string of the molecule is O=C(CCc1ccc(OCc2ccccc2)c(OCc2ccccc2)c1)NCCCN(CCCCN(CCCNC(=O)OCc1ccccc1)C(=O)CCc1ccc(OCc2ccccc2)c(OCc2ccccc2)c1)C(=O)OCc1ccccc1. The summed E-state index contributed by atoms with van der Waals surface area (Å²) in [4.78, 5) is 57.4. The second-order valence-corrected chi connectivity index (χ2v) is 20.8. The normalized spacial score (nSPS) is 10.7. The van der Waals surface area contributed by atoms with Gasteiger partial charge in [0.1, 0.15) is 39.6 Å². The minimum absolute atomic E-state index is 0.0376. The zero-order chi connectivity index (χ0) is 59.6. The van der Waals surface area contributed by atoms with Gasteiger partial charge in [0.15, 0.2) is 23.0 Å². The minimum Gasteiger partial charge on any atom is -0.485 e. The fraction of sp³-hybridized carbons (Fsp3) is 0.278. The van der Waals surface area contributed by atoms with E-state index in [0.717, 1.165) is 44.5 Å². The molecular formula is C72H78N4O10. The standard InChI is InChI=1S/C72H78N4O10/c77-69(41-37-57-35-39-65(81-51-59-23-7-1-8-24-59)67(49-57)83-53-61-27-11-3-12-28-61)73-43-21-48-76(72(80)86-56-64-33-17-6-18-34-64)46-20-19-45-75(47-22-44-74-71(79)85-55-63-31-15-5-16-32-63)70(78)42-38-58-36-40-66(82-52-60-25-9-2-10-26-60)68(50-58)84-54-62-29-13-4-14-30-62/h1-18,23-36,39-40,49-50H,19-22,37-38,41-48,51-56H2,(H,73,77)(H,74,79). The van der Waals surface area contributed by atoms with E-state index in [-0.39, 0.29) is 37.9 Å². The van der Waals surface area contributed by atoms with E-state index in [2.05, 4.69) is 10.6 Å². The topological polar surface area (TPSA) is 154 Å². The Hall–Kier alpha value is -9.56. The van der Waals surface area contributed by atoms with E-state index in [1.807, 2.05) is 223 Å². The van der Waals surface area contributed by atoms with Crippen LogP contribution in [0.3, 0.4) is 0 Å². The number of unbranched alkanes of at least 4 members (excludes halogenated alkanes) is 1. The third kappa shape index (κ3) is 22.5. The molecule has 8 aromatic rings. The summed E-state index contributed by atoms with van der Waals surface area (Å²) in [5.41, 5.74) is 7.74. The van der Waals surface area contributed by atoms with Crippen molar-refractivity contribution in [2.24, 2.45) is 0 Å². The van der Waals surface area contributed by atoms with Crippen molar-refractivity contribution in [3.63, 3.8) is 0 Å². The Balaban J connectivity index is 0.853. The van der Waals surface area contributed by atoms with Crippen molar-refractivity contribution in [3.05, 3.63) is 263 Å². The molecule has 4 amide bonds. The van der Waals surface area contributed by atoms with Crippen LogP contribution >= 0.6 is 0 Å². The van der Waals surface area contributed by atoms with Crippen LogP contribution in [0.2, 0.25) is 0 Å². The number of hydrogen-bond acceptors (Lipinski definition) is 10. The molecule has 0 fully saturated rings. The highest BCUT2D eigenvalue weighted by molar-refractivity contribution is 5.77. The average molecular weight is 1160 g/mol. The summed E-state index contributed by atoms with van der Waals surface area (Å²) in [5.74, 6) is 2.29. The van der Waals surface area contributed by atoms with Gasteiger partial charge in [-0.15, -0.1) is 0 Å². The van der Waals surface area contributed by atoms with Crippen molar-refractivity contribution in [1.82, 2.24) is 20.4 Å². The second-order valence-electron chi connectivity index (χ2n) is 20.8. The molecule has 0 radical (unpaired) electrons. The summed E-state index contributed by atoms with van der Waals surface area (Å²) in [7, 11) is 0. The van der Waals surface area contributed by atoms with Crippen LogP contribution in [-0.4, -0.2) is 73.1 Å². The summed E-state index contributed by atoms with van der Waals surface area (Å²) >= 11 is 0. The average Bonchev–Trinajstić information content (AvgIpc) is 3.76. The van der Waals surface area contributed by atoms with Crippen LogP contribution in [0, 0.1) is 0 Å². The smallest absolute Gasteiger partial charge is 0.410 e. The zero-order valence-electron chi connectivity index (χ0n) is 48.9. The largest absolute Gasteiger partial charge is 0.485 e. The number of amides is 4. The van der Waals surface area contributed by atoms with Gasteiger partial charge in [0.05, 0.1) is 0 Å². The Morgan fingerprint density at radius 1 is 0.326 bits per heavy atom. The van der Waals surface area contributed by atoms with E-state index in [1.54, 1.807) is 4.90 Å². The van der Waals surface area contributed by atoms with Gasteiger partial charge in [0, 0.05) is 52.1 Å². The fourth-order valence-corrected chi connectivity index (χ4v) is 9.38. The first-order chi connectivity index (χ1) is 42.3. The highest BCUT2D eigenvalue weighted by Crippen LogP contribution is 2.32. The van der Waals surface area contributed by atoms with Gasteiger partial charge in [-0.1, -0.05) is 194 Å². The molecule has 0 heterocycles. The molecule has 0 spiro atoms. The molecule has 0 unspecified atom stereocenters. The first kappa shape index (κ1) is 62.5. The Kier molecular flexibility index (Phi) is 25.8. The van der Waals surface area contributed by atoms with Gasteiger partial charge in [-0.05, 0) is 107 Å². The van der Waals surface area contributed by atoms with E-state index >= 15 is 0 Å². The van der Waals surface area contributed by atoms with Gasteiger partial charge in [0.2, 0.25) is 11.8 Å². The quantitative estimate of drug-likeness (QED) is 0.0367. The molecule has 0 bridgehead atoms. The number of ether oxygens (including phenoxy) is 6. The lowest BCUT2D eigenvalue weighted by atomic mass is 10.1. The molecule has 14 heteroatoms. The second kappa shape index (κ2) is 35.5. The molecule has 0 aromatic heterocycles. The number of carbonyl (C=O) groups is 4. The van der Waals surface area contributed by atoms with E-state index in [4.69, 9.17) is 28.4 Å². The van der Waals surface area contributed by atoms with E-state index in [1.165, 1.54) is 0 Å². The van der Waals surface area contributed by atoms with Crippen LogP contribution in [0.25, 0.3) is 0 Å². The monoisotopic (exact) mass is 1160 g/mol. The molecule has 0 saturated heterocycles. The van der Waals surface area contributed by atoms with Crippen LogP contribution < -0.4 is 29.6 Å². The van der Waals surface area contributed by atoms with Gasteiger partial charge in [-0.3, -0.25) is 9.59 Å². The lowest BCUT2D eigenvalue weighted by Crippen LogP contribution is -2.37. The van der Waals surface area contributed by atoms with Crippen LogP contribution in [0.15, 0.2) is 218 Å². The first-order valence-electron chi connectivity index (χ1n) is 29.7.